The highest BCUT2D eigenvalue weighted by atomic mass is 35.5. The maximum absolute atomic E-state index is 12.1. The monoisotopic (exact) mass is 361 g/mol. The van der Waals surface area contributed by atoms with Crippen molar-refractivity contribution >= 4 is 46.4 Å². The van der Waals surface area contributed by atoms with Crippen LogP contribution in [0.3, 0.4) is 0 Å². The Morgan fingerprint density at radius 3 is 2.54 bits per heavy atom. The Morgan fingerprint density at radius 2 is 1.83 bits per heavy atom. The van der Waals surface area contributed by atoms with Gasteiger partial charge in [0.25, 0.3) is 11.8 Å². The summed E-state index contributed by atoms with van der Waals surface area (Å²) < 4.78 is 0. The first kappa shape index (κ1) is 17.9. The van der Waals surface area contributed by atoms with Gasteiger partial charge in [-0.25, -0.2) is 0 Å². The van der Waals surface area contributed by atoms with E-state index in [1.807, 2.05) is 6.92 Å². The van der Waals surface area contributed by atoms with Crippen LogP contribution in [0.15, 0.2) is 48.5 Å². The molecule has 124 valence electrons. The molecule has 0 spiro atoms. The van der Waals surface area contributed by atoms with Crippen LogP contribution in [0.2, 0.25) is 5.02 Å². The van der Waals surface area contributed by atoms with Crippen molar-refractivity contribution in [1.29, 1.82) is 0 Å². The standard InChI is InChI=1S/C17H16ClN3O2S/c1-2-19-16(23)13-8-3-4-9-14(13)20-17(24)21-15(22)11-6-5-7-12(18)10-11/h3-10H,2H2,1H3,(H,19,23)(H2,20,21,22,24). The van der Waals surface area contributed by atoms with E-state index >= 15 is 0 Å². The van der Waals surface area contributed by atoms with Crippen molar-refractivity contribution in [1.82, 2.24) is 10.6 Å². The zero-order valence-corrected chi connectivity index (χ0v) is 14.5. The van der Waals surface area contributed by atoms with E-state index in [1.165, 1.54) is 0 Å². The third-order valence-electron chi connectivity index (χ3n) is 3.07. The summed E-state index contributed by atoms with van der Waals surface area (Å²) in [5, 5.41) is 8.71. The Bertz CT molecular complexity index is 780. The van der Waals surface area contributed by atoms with Crippen LogP contribution in [-0.2, 0) is 0 Å². The third kappa shape index (κ3) is 4.78. The molecule has 5 nitrogen and oxygen atoms in total. The molecule has 0 atom stereocenters. The molecule has 2 aromatic carbocycles. The van der Waals surface area contributed by atoms with Gasteiger partial charge in [-0.2, -0.15) is 0 Å². The van der Waals surface area contributed by atoms with Gasteiger partial charge in [0.2, 0.25) is 0 Å². The zero-order chi connectivity index (χ0) is 17.5. The number of hydrogen-bond donors (Lipinski definition) is 3. The van der Waals surface area contributed by atoms with E-state index in [2.05, 4.69) is 16.0 Å². The van der Waals surface area contributed by atoms with Crippen molar-refractivity contribution in [3.63, 3.8) is 0 Å². The number of halogens is 1. The molecule has 0 fully saturated rings. The van der Waals surface area contributed by atoms with Crippen LogP contribution in [0.25, 0.3) is 0 Å². The molecule has 0 aliphatic heterocycles. The lowest BCUT2D eigenvalue weighted by atomic mass is 10.1. The summed E-state index contributed by atoms with van der Waals surface area (Å²) in [6, 6.07) is 13.4. The fourth-order valence-corrected chi connectivity index (χ4v) is 2.40. The van der Waals surface area contributed by atoms with Crippen LogP contribution in [-0.4, -0.2) is 23.5 Å². The van der Waals surface area contributed by atoms with Gasteiger partial charge in [0.05, 0.1) is 11.3 Å². The SMILES string of the molecule is CCNC(=O)c1ccccc1NC(=S)NC(=O)c1cccc(Cl)c1. The Morgan fingerprint density at radius 1 is 1.08 bits per heavy atom. The summed E-state index contributed by atoms with van der Waals surface area (Å²) >= 11 is 11.0. The van der Waals surface area contributed by atoms with Crippen molar-refractivity contribution in [2.45, 2.75) is 6.92 Å². The lowest BCUT2D eigenvalue weighted by Gasteiger charge is -2.13. The first-order chi connectivity index (χ1) is 11.5. The van der Waals surface area contributed by atoms with Crippen molar-refractivity contribution in [3.05, 3.63) is 64.7 Å². The number of nitrogens with one attached hydrogen (secondary N) is 3. The van der Waals surface area contributed by atoms with Crippen molar-refractivity contribution < 1.29 is 9.59 Å². The predicted octanol–water partition coefficient (Wildman–Crippen LogP) is 3.22. The van der Waals surface area contributed by atoms with Crippen LogP contribution in [0.4, 0.5) is 5.69 Å². The number of thiocarbonyl (C=S) groups is 1. The van der Waals surface area contributed by atoms with Crippen molar-refractivity contribution in [2.75, 3.05) is 11.9 Å². The second-order valence-corrected chi connectivity index (χ2v) is 5.67. The first-order valence-corrected chi connectivity index (χ1v) is 8.05. The van der Waals surface area contributed by atoms with Crippen molar-refractivity contribution in [2.24, 2.45) is 0 Å². The number of carbonyl (C=O) groups excluding carboxylic acids is 2. The number of rotatable bonds is 4. The maximum Gasteiger partial charge on any atom is 0.257 e. The fourth-order valence-electron chi connectivity index (χ4n) is 2.00. The molecule has 0 unspecified atom stereocenters. The number of carbonyl (C=O) groups is 2. The second-order valence-electron chi connectivity index (χ2n) is 4.82. The van der Waals surface area contributed by atoms with E-state index in [1.54, 1.807) is 48.5 Å². The van der Waals surface area contributed by atoms with Gasteiger partial charge in [0.1, 0.15) is 0 Å². The largest absolute Gasteiger partial charge is 0.352 e. The Labute approximate surface area is 150 Å². The molecule has 0 heterocycles. The van der Waals surface area contributed by atoms with Crippen molar-refractivity contribution in [3.8, 4) is 0 Å². The van der Waals surface area contributed by atoms with E-state index in [0.717, 1.165) is 0 Å². The highest BCUT2D eigenvalue weighted by Gasteiger charge is 2.13. The third-order valence-corrected chi connectivity index (χ3v) is 3.51. The van der Waals surface area contributed by atoms with Crippen LogP contribution in [0.5, 0.6) is 0 Å². The molecule has 3 N–H and O–H groups in total. The van der Waals surface area contributed by atoms with Gasteiger partial charge in [-0.3, -0.25) is 14.9 Å². The second kappa shape index (κ2) is 8.42. The molecule has 2 rings (SSSR count). The molecule has 7 heteroatoms. The van der Waals surface area contributed by atoms with E-state index in [-0.39, 0.29) is 16.9 Å². The molecule has 2 amide bonds. The summed E-state index contributed by atoms with van der Waals surface area (Å²) in [5.41, 5.74) is 1.35. The molecular weight excluding hydrogens is 346 g/mol. The first-order valence-electron chi connectivity index (χ1n) is 7.26. The van der Waals surface area contributed by atoms with Gasteiger partial charge < -0.3 is 10.6 Å². The highest BCUT2D eigenvalue weighted by Crippen LogP contribution is 2.15. The normalized spacial score (nSPS) is 9.92. The summed E-state index contributed by atoms with van der Waals surface area (Å²) in [7, 11) is 0. The van der Waals surface area contributed by atoms with Gasteiger partial charge in [-0.05, 0) is 49.5 Å². The zero-order valence-electron chi connectivity index (χ0n) is 12.9. The van der Waals surface area contributed by atoms with Gasteiger partial charge in [0, 0.05) is 17.1 Å². The summed E-state index contributed by atoms with van der Waals surface area (Å²) in [4.78, 5) is 24.2. The van der Waals surface area contributed by atoms with E-state index in [9.17, 15) is 9.59 Å². The Kier molecular flexibility index (Phi) is 6.28. The number of benzene rings is 2. The smallest absolute Gasteiger partial charge is 0.257 e. The molecule has 0 aromatic heterocycles. The Balaban J connectivity index is 2.07. The quantitative estimate of drug-likeness (QED) is 0.731. The van der Waals surface area contributed by atoms with Crippen LogP contribution in [0, 0.1) is 0 Å². The van der Waals surface area contributed by atoms with Gasteiger partial charge >= 0.3 is 0 Å². The summed E-state index contributed by atoms with van der Waals surface area (Å²) in [5.74, 6) is -0.602. The average Bonchev–Trinajstić information content (AvgIpc) is 2.55. The highest BCUT2D eigenvalue weighted by molar-refractivity contribution is 7.80. The lowest BCUT2D eigenvalue weighted by Crippen LogP contribution is -2.35. The summed E-state index contributed by atoms with van der Waals surface area (Å²) in [6.07, 6.45) is 0. The van der Waals surface area contributed by atoms with Crippen LogP contribution in [0.1, 0.15) is 27.6 Å². The van der Waals surface area contributed by atoms with Crippen LogP contribution >= 0.6 is 23.8 Å². The molecule has 2 aromatic rings. The number of anilines is 1. The topological polar surface area (TPSA) is 70.2 Å². The van der Waals surface area contributed by atoms with E-state index in [4.69, 9.17) is 23.8 Å². The molecule has 0 saturated heterocycles. The van der Waals surface area contributed by atoms with E-state index in [0.29, 0.717) is 28.4 Å². The molecule has 0 saturated carbocycles. The number of amides is 2. The average molecular weight is 362 g/mol. The minimum absolute atomic E-state index is 0.0942. The molecule has 0 bridgehead atoms. The van der Waals surface area contributed by atoms with Crippen LogP contribution < -0.4 is 16.0 Å². The summed E-state index contributed by atoms with van der Waals surface area (Å²) in [6.45, 7) is 2.35. The van der Waals surface area contributed by atoms with Gasteiger partial charge in [-0.15, -0.1) is 0 Å². The maximum atomic E-state index is 12.1. The predicted molar refractivity (Wildman–Crippen MR) is 99.6 cm³/mol. The number of hydrogen-bond acceptors (Lipinski definition) is 3. The Hall–Kier alpha value is -2.44. The molecule has 24 heavy (non-hydrogen) atoms. The molecule has 0 aliphatic rings. The fraction of sp³-hybridized carbons (Fsp3) is 0.118. The van der Waals surface area contributed by atoms with Gasteiger partial charge in [0.15, 0.2) is 5.11 Å². The van der Waals surface area contributed by atoms with E-state index < -0.39 is 0 Å². The van der Waals surface area contributed by atoms with Gasteiger partial charge in [-0.1, -0.05) is 29.8 Å². The molecule has 0 aliphatic carbocycles. The molecular formula is C17H16ClN3O2S. The number of para-hydroxylation sites is 1. The lowest BCUT2D eigenvalue weighted by molar-refractivity contribution is 0.0954. The molecule has 0 radical (unpaired) electrons. The minimum Gasteiger partial charge on any atom is -0.352 e. The minimum atomic E-state index is -0.384.